The molecule has 0 fully saturated rings. The summed E-state index contributed by atoms with van der Waals surface area (Å²) in [6, 6.07) is 10.6. The van der Waals surface area contributed by atoms with E-state index in [0.29, 0.717) is 10.6 Å². The number of hydrogen-bond donors (Lipinski definition) is 2. The fraction of sp³-hybridized carbons (Fsp3) is 0.350. The average molecular weight is 414 g/mol. The van der Waals surface area contributed by atoms with Crippen LogP contribution >= 0.6 is 23.2 Å². The Labute approximate surface area is 168 Å². The number of ether oxygens (including phenoxy) is 1. The Morgan fingerprint density at radius 1 is 1.11 bits per heavy atom. The largest absolute Gasteiger partial charge is 0.444 e. The molecule has 1 amide bonds. The maximum absolute atomic E-state index is 13.9. The lowest BCUT2D eigenvalue weighted by Gasteiger charge is -2.37. The first-order valence-corrected chi connectivity index (χ1v) is 9.08. The van der Waals surface area contributed by atoms with Gasteiger partial charge in [-0.25, -0.2) is 9.18 Å². The quantitative estimate of drug-likeness (QED) is 0.684. The highest BCUT2D eigenvalue weighted by Gasteiger charge is 2.39. The number of halogens is 3. The lowest BCUT2D eigenvalue weighted by Crippen LogP contribution is -2.49. The first-order valence-electron chi connectivity index (χ1n) is 8.32. The minimum absolute atomic E-state index is 0.0563. The Morgan fingerprint density at radius 2 is 1.70 bits per heavy atom. The van der Waals surface area contributed by atoms with Gasteiger partial charge in [-0.15, -0.1) is 0 Å². The molecular weight excluding hydrogens is 392 g/mol. The van der Waals surface area contributed by atoms with Crippen molar-refractivity contribution in [2.75, 3.05) is 0 Å². The van der Waals surface area contributed by atoms with Crippen LogP contribution in [0.3, 0.4) is 0 Å². The molecule has 4 nitrogen and oxygen atoms in total. The number of alkyl carbamates (subject to hydrolysis) is 1. The topological polar surface area (TPSA) is 58.6 Å². The molecule has 2 rings (SSSR count). The molecule has 0 saturated heterocycles. The summed E-state index contributed by atoms with van der Waals surface area (Å²) < 4.78 is 19.2. The van der Waals surface area contributed by atoms with Gasteiger partial charge in [-0.05, 0) is 63.1 Å². The minimum atomic E-state index is -1.31. The first kappa shape index (κ1) is 21.5. The third kappa shape index (κ3) is 5.34. The van der Waals surface area contributed by atoms with Crippen molar-refractivity contribution in [2.24, 2.45) is 0 Å². The fourth-order valence-corrected chi connectivity index (χ4v) is 2.87. The van der Waals surface area contributed by atoms with Gasteiger partial charge < -0.3 is 15.2 Å². The molecule has 0 bridgehead atoms. The van der Waals surface area contributed by atoms with E-state index >= 15 is 0 Å². The van der Waals surface area contributed by atoms with E-state index in [2.05, 4.69) is 5.32 Å². The van der Waals surface area contributed by atoms with Crippen molar-refractivity contribution in [3.63, 3.8) is 0 Å². The van der Waals surface area contributed by atoms with Gasteiger partial charge in [0.15, 0.2) is 0 Å². The predicted molar refractivity (Wildman–Crippen MR) is 105 cm³/mol. The van der Waals surface area contributed by atoms with Crippen LogP contribution in [0.4, 0.5) is 9.18 Å². The van der Waals surface area contributed by atoms with Gasteiger partial charge in [0.2, 0.25) is 0 Å². The van der Waals surface area contributed by atoms with Gasteiger partial charge in [0, 0.05) is 5.02 Å². The van der Waals surface area contributed by atoms with E-state index in [1.54, 1.807) is 52.0 Å². The lowest BCUT2D eigenvalue weighted by atomic mass is 9.83. The molecule has 0 aromatic heterocycles. The van der Waals surface area contributed by atoms with Crippen LogP contribution in [-0.4, -0.2) is 16.8 Å². The van der Waals surface area contributed by atoms with Gasteiger partial charge >= 0.3 is 6.09 Å². The summed E-state index contributed by atoms with van der Waals surface area (Å²) in [7, 11) is 0. The maximum atomic E-state index is 13.9. The average Bonchev–Trinajstić information content (AvgIpc) is 2.55. The number of aliphatic hydroxyl groups excluding tert-OH is 1. The van der Waals surface area contributed by atoms with E-state index in [9.17, 15) is 14.3 Å². The Bertz CT molecular complexity index is 821. The van der Waals surface area contributed by atoms with Crippen molar-refractivity contribution < 1.29 is 19.0 Å². The molecule has 2 N–H and O–H groups in total. The van der Waals surface area contributed by atoms with E-state index in [1.807, 2.05) is 0 Å². The van der Waals surface area contributed by atoms with Gasteiger partial charge in [-0.3, -0.25) is 0 Å². The molecule has 0 aliphatic rings. The van der Waals surface area contributed by atoms with Gasteiger partial charge in [0.25, 0.3) is 0 Å². The standard InChI is InChI=1S/C20H22Cl2FNO3/c1-19(2,3)27-18(26)24-20(4,13-6-8-14(21)9-7-13)17(25)12-5-10-15(22)16(23)11-12/h5-11,17,25H,1-4H3,(H,24,26). The lowest BCUT2D eigenvalue weighted by molar-refractivity contribution is 0.0236. The van der Waals surface area contributed by atoms with Gasteiger partial charge in [0.1, 0.15) is 17.5 Å². The summed E-state index contributed by atoms with van der Waals surface area (Å²) in [4.78, 5) is 12.4. The van der Waals surface area contributed by atoms with Crippen molar-refractivity contribution in [1.29, 1.82) is 0 Å². The smallest absolute Gasteiger partial charge is 0.408 e. The molecule has 2 unspecified atom stereocenters. The molecule has 0 spiro atoms. The molecule has 7 heteroatoms. The zero-order chi connectivity index (χ0) is 20.4. The third-order valence-electron chi connectivity index (χ3n) is 4.01. The zero-order valence-electron chi connectivity index (χ0n) is 15.5. The predicted octanol–water partition coefficient (Wildman–Crippen LogP) is 5.61. The molecule has 0 saturated carbocycles. The van der Waals surface area contributed by atoms with Crippen molar-refractivity contribution in [2.45, 2.75) is 44.9 Å². The third-order valence-corrected chi connectivity index (χ3v) is 4.57. The number of rotatable bonds is 4. The van der Waals surface area contributed by atoms with E-state index in [4.69, 9.17) is 27.9 Å². The zero-order valence-corrected chi connectivity index (χ0v) is 17.0. The van der Waals surface area contributed by atoms with Crippen LogP contribution < -0.4 is 5.32 Å². The van der Waals surface area contributed by atoms with Crippen molar-refractivity contribution in [3.8, 4) is 0 Å². The van der Waals surface area contributed by atoms with Crippen LogP contribution in [0.15, 0.2) is 42.5 Å². The van der Waals surface area contributed by atoms with Crippen LogP contribution in [-0.2, 0) is 10.3 Å². The van der Waals surface area contributed by atoms with E-state index in [-0.39, 0.29) is 10.6 Å². The summed E-state index contributed by atoms with van der Waals surface area (Å²) in [5.41, 5.74) is -1.21. The summed E-state index contributed by atoms with van der Waals surface area (Å²) in [5.74, 6) is -0.663. The SMILES string of the molecule is CC(C)(C)OC(=O)NC(C)(c1ccc(Cl)cc1)C(O)c1ccc(Cl)c(F)c1. The number of carbonyl (C=O) groups excluding carboxylic acids is 1. The Kier molecular flexibility index (Phi) is 6.40. The Hall–Kier alpha value is -1.82. The molecule has 0 heterocycles. The first-order chi connectivity index (χ1) is 12.4. The van der Waals surface area contributed by atoms with Crippen LogP contribution in [0, 0.1) is 5.82 Å². The number of hydrogen-bond acceptors (Lipinski definition) is 3. The highest BCUT2D eigenvalue weighted by Crippen LogP contribution is 2.36. The molecule has 2 atom stereocenters. The molecular formula is C20H22Cl2FNO3. The van der Waals surface area contributed by atoms with Gasteiger partial charge in [-0.1, -0.05) is 41.4 Å². The number of nitrogens with one attached hydrogen (secondary N) is 1. The number of carbonyl (C=O) groups is 1. The molecule has 146 valence electrons. The highest BCUT2D eigenvalue weighted by molar-refractivity contribution is 6.30. The molecule has 0 radical (unpaired) electrons. The second-order valence-electron chi connectivity index (χ2n) is 7.41. The van der Waals surface area contributed by atoms with Gasteiger partial charge in [0.05, 0.1) is 10.6 Å². The minimum Gasteiger partial charge on any atom is -0.444 e. The molecule has 2 aromatic rings. The van der Waals surface area contributed by atoms with Crippen molar-refractivity contribution >= 4 is 29.3 Å². The fourth-order valence-electron chi connectivity index (χ4n) is 2.63. The highest BCUT2D eigenvalue weighted by atomic mass is 35.5. The Morgan fingerprint density at radius 3 is 2.22 bits per heavy atom. The molecule has 27 heavy (non-hydrogen) atoms. The second-order valence-corrected chi connectivity index (χ2v) is 8.26. The summed E-state index contributed by atoms with van der Waals surface area (Å²) in [6.45, 7) is 6.82. The van der Waals surface area contributed by atoms with E-state index < -0.39 is 29.2 Å². The van der Waals surface area contributed by atoms with Crippen molar-refractivity contribution in [1.82, 2.24) is 5.32 Å². The van der Waals surface area contributed by atoms with Crippen LogP contribution in [0.5, 0.6) is 0 Å². The van der Waals surface area contributed by atoms with Gasteiger partial charge in [-0.2, -0.15) is 0 Å². The van der Waals surface area contributed by atoms with E-state index in [0.717, 1.165) is 6.07 Å². The summed E-state index contributed by atoms with van der Waals surface area (Å²) in [5, 5.41) is 14.2. The normalized spacial score (nSPS) is 15.0. The molecule has 0 aliphatic heterocycles. The van der Waals surface area contributed by atoms with Crippen LogP contribution in [0.1, 0.15) is 44.9 Å². The Balaban J connectivity index is 2.46. The number of aliphatic hydroxyl groups is 1. The number of amides is 1. The molecule has 2 aromatic carbocycles. The second kappa shape index (κ2) is 8.05. The molecule has 0 aliphatic carbocycles. The maximum Gasteiger partial charge on any atom is 0.408 e. The van der Waals surface area contributed by atoms with Crippen LogP contribution in [0.25, 0.3) is 0 Å². The van der Waals surface area contributed by atoms with Crippen LogP contribution in [0.2, 0.25) is 10.0 Å². The summed E-state index contributed by atoms with van der Waals surface area (Å²) in [6.07, 6.45) is -1.99. The van der Waals surface area contributed by atoms with Crippen molar-refractivity contribution in [3.05, 3.63) is 69.5 Å². The van der Waals surface area contributed by atoms with E-state index in [1.165, 1.54) is 12.1 Å². The summed E-state index contributed by atoms with van der Waals surface area (Å²) >= 11 is 11.7. The number of benzene rings is 2. The monoisotopic (exact) mass is 413 g/mol.